The molecule has 0 spiro atoms. The molecule has 2 heterocycles. The van der Waals surface area contributed by atoms with Gasteiger partial charge in [-0.15, -0.1) is 0 Å². The third-order valence-corrected chi connectivity index (χ3v) is 4.71. The summed E-state index contributed by atoms with van der Waals surface area (Å²) in [6.07, 6.45) is 6.98. The van der Waals surface area contributed by atoms with Crippen LogP contribution in [-0.2, 0) is 0 Å². The van der Waals surface area contributed by atoms with E-state index in [4.69, 9.17) is 0 Å². The second-order valence-corrected chi connectivity index (χ2v) is 6.03. The highest BCUT2D eigenvalue weighted by Gasteiger charge is 2.30. The molecule has 2 unspecified atom stereocenters. The van der Waals surface area contributed by atoms with Crippen molar-refractivity contribution in [1.82, 2.24) is 15.1 Å². The fourth-order valence-electron chi connectivity index (χ4n) is 3.42. The predicted molar refractivity (Wildman–Crippen MR) is 78.0 cm³/mol. The number of rotatable bonds is 6. The van der Waals surface area contributed by atoms with E-state index in [2.05, 4.69) is 29.0 Å². The second kappa shape index (κ2) is 7.46. The molecule has 2 aliphatic rings. The van der Waals surface area contributed by atoms with Crippen LogP contribution < -0.4 is 5.32 Å². The van der Waals surface area contributed by atoms with Gasteiger partial charge >= 0.3 is 0 Å². The van der Waals surface area contributed by atoms with Crippen LogP contribution in [-0.4, -0.2) is 61.2 Å². The zero-order valence-corrected chi connectivity index (χ0v) is 12.3. The van der Waals surface area contributed by atoms with Crippen LogP contribution in [0.3, 0.4) is 0 Å². The van der Waals surface area contributed by atoms with Gasteiger partial charge in [0.15, 0.2) is 0 Å². The van der Waals surface area contributed by atoms with Crippen LogP contribution in [0.4, 0.5) is 0 Å². The van der Waals surface area contributed by atoms with Gasteiger partial charge in [-0.05, 0) is 58.8 Å². The molecule has 2 saturated heterocycles. The van der Waals surface area contributed by atoms with Gasteiger partial charge in [0.25, 0.3) is 0 Å². The van der Waals surface area contributed by atoms with E-state index in [0.717, 1.165) is 18.6 Å². The van der Waals surface area contributed by atoms with Gasteiger partial charge in [0, 0.05) is 25.2 Å². The molecule has 0 amide bonds. The molecule has 0 bridgehead atoms. The van der Waals surface area contributed by atoms with Crippen LogP contribution in [0.5, 0.6) is 0 Å². The Morgan fingerprint density at radius 3 is 2.67 bits per heavy atom. The molecular formula is C15H31N3. The summed E-state index contributed by atoms with van der Waals surface area (Å²) in [5.74, 6) is 0. The lowest BCUT2D eigenvalue weighted by Gasteiger charge is -2.33. The highest BCUT2D eigenvalue weighted by molar-refractivity contribution is 4.87. The summed E-state index contributed by atoms with van der Waals surface area (Å²) in [6, 6.07) is 1.60. The van der Waals surface area contributed by atoms with Crippen LogP contribution in [0.1, 0.15) is 46.0 Å². The Morgan fingerprint density at radius 1 is 1.17 bits per heavy atom. The van der Waals surface area contributed by atoms with Crippen LogP contribution in [0.25, 0.3) is 0 Å². The van der Waals surface area contributed by atoms with E-state index in [1.807, 2.05) is 0 Å². The van der Waals surface area contributed by atoms with Crippen molar-refractivity contribution in [2.45, 2.75) is 58.0 Å². The van der Waals surface area contributed by atoms with Gasteiger partial charge in [-0.2, -0.15) is 0 Å². The van der Waals surface area contributed by atoms with Gasteiger partial charge < -0.3 is 5.32 Å². The fourth-order valence-corrected chi connectivity index (χ4v) is 3.42. The van der Waals surface area contributed by atoms with E-state index < -0.39 is 0 Å². The van der Waals surface area contributed by atoms with Crippen LogP contribution in [0.15, 0.2) is 0 Å². The van der Waals surface area contributed by atoms with Crippen LogP contribution in [0.2, 0.25) is 0 Å². The summed E-state index contributed by atoms with van der Waals surface area (Å²) in [5, 5.41) is 3.44. The summed E-state index contributed by atoms with van der Waals surface area (Å²) >= 11 is 0. The average molecular weight is 253 g/mol. The summed E-state index contributed by atoms with van der Waals surface area (Å²) in [6.45, 7) is 12.2. The molecule has 3 heteroatoms. The minimum atomic E-state index is 0.749. The Labute approximate surface area is 113 Å². The molecule has 2 atom stereocenters. The molecule has 0 radical (unpaired) electrons. The van der Waals surface area contributed by atoms with Crippen LogP contribution in [0, 0.1) is 0 Å². The highest BCUT2D eigenvalue weighted by Crippen LogP contribution is 2.22. The first kappa shape index (κ1) is 14.3. The van der Waals surface area contributed by atoms with Gasteiger partial charge in [-0.1, -0.05) is 13.3 Å². The Bertz CT molecular complexity index is 226. The summed E-state index contributed by atoms with van der Waals surface area (Å²) in [5.41, 5.74) is 0. The molecule has 0 saturated carbocycles. The zero-order chi connectivity index (χ0) is 12.8. The van der Waals surface area contributed by atoms with Crippen molar-refractivity contribution in [2.75, 3.05) is 39.3 Å². The Balaban J connectivity index is 1.69. The average Bonchev–Trinajstić information content (AvgIpc) is 2.89. The van der Waals surface area contributed by atoms with E-state index in [0.29, 0.717) is 0 Å². The smallest absolute Gasteiger partial charge is 0.0235 e. The Hall–Kier alpha value is -0.120. The molecule has 0 aromatic carbocycles. The van der Waals surface area contributed by atoms with Crippen molar-refractivity contribution in [2.24, 2.45) is 0 Å². The molecule has 106 valence electrons. The van der Waals surface area contributed by atoms with Crippen molar-refractivity contribution >= 4 is 0 Å². The van der Waals surface area contributed by atoms with Crippen molar-refractivity contribution in [3.8, 4) is 0 Å². The zero-order valence-electron chi connectivity index (χ0n) is 12.3. The van der Waals surface area contributed by atoms with E-state index in [1.165, 1.54) is 64.8 Å². The number of hydrogen-bond donors (Lipinski definition) is 1. The van der Waals surface area contributed by atoms with Gasteiger partial charge in [0.1, 0.15) is 0 Å². The molecule has 0 aliphatic carbocycles. The number of piperidine rings is 1. The third-order valence-electron chi connectivity index (χ3n) is 4.71. The number of nitrogens with zero attached hydrogens (tertiary/aromatic N) is 2. The summed E-state index contributed by atoms with van der Waals surface area (Å²) in [4.78, 5) is 5.46. The minimum absolute atomic E-state index is 0.749. The van der Waals surface area contributed by atoms with Crippen molar-refractivity contribution in [3.63, 3.8) is 0 Å². The SMILES string of the molecule is CCNCCC(C)N1CCC(N2CCCCC2)C1. The van der Waals surface area contributed by atoms with Crippen molar-refractivity contribution < 1.29 is 0 Å². The lowest BCUT2D eigenvalue weighted by atomic mass is 10.1. The monoisotopic (exact) mass is 253 g/mol. The molecule has 0 aromatic heterocycles. The van der Waals surface area contributed by atoms with Gasteiger partial charge in [-0.25, -0.2) is 0 Å². The minimum Gasteiger partial charge on any atom is -0.317 e. The molecule has 2 fully saturated rings. The number of nitrogens with one attached hydrogen (secondary N) is 1. The lowest BCUT2D eigenvalue weighted by Crippen LogP contribution is -2.42. The standard InChI is InChI=1S/C15H31N3/c1-3-16-9-7-14(2)18-12-8-15(13-18)17-10-5-4-6-11-17/h14-16H,3-13H2,1-2H3. The molecule has 1 N–H and O–H groups in total. The van der Waals surface area contributed by atoms with Gasteiger partial charge in [-0.3, -0.25) is 9.80 Å². The topological polar surface area (TPSA) is 18.5 Å². The predicted octanol–water partition coefficient (Wildman–Crippen LogP) is 1.93. The third kappa shape index (κ3) is 3.94. The molecule has 2 rings (SSSR count). The quantitative estimate of drug-likeness (QED) is 0.730. The summed E-state index contributed by atoms with van der Waals surface area (Å²) < 4.78 is 0. The Kier molecular flexibility index (Phi) is 5.93. The fraction of sp³-hybridized carbons (Fsp3) is 1.00. The first-order chi connectivity index (χ1) is 8.81. The maximum atomic E-state index is 3.44. The molecule has 18 heavy (non-hydrogen) atoms. The first-order valence-electron chi connectivity index (χ1n) is 8.00. The molecule has 0 aromatic rings. The molecular weight excluding hydrogens is 222 g/mol. The summed E-state index contributed by atoms with van der Waals surface area (Å²) in [7, 11) is 0. The van der Waals surface area contributed by atoms with Gasteiger partial charge in [0.05, 0.1) is 0 Å². The molecule has 3 nitrogen and oxygen atoms in total. The van der Waals surface area contributed by atoms with Gasteiger partial charge in [0.2, 0.25) is 0 Å². The number of likely N-dealkylation sites (tertiary alicyclic amines) is 2. The van der Waals surface area contributed by atoms with Crippen molar-refractivity contribution in [3.05, 3.63) is 0 Å². The first-order valence-corrected chi connectivity index (χ1v) is 8.00. The lowest BCUT2D eigenvalue weighted by molar-refractivity contribution is 0.152. The van der Waals surface area contributed by atoms with E-state index in [9.17, 15) is 0 Å². The normalized spacial score (nSPS) is 28.7. The largest absolute Gasteiger partial charge is 0.317 e. The Morgan fingerprint density at radius 2 is 1.94 bits per heavy atom. The van der Waals surface area contributed by atoms with Crippen molar-refractivity contribution in [1.29, 1.82) is 0 Å². The maximum Gasteiger partial charge on any atom is 0.0235 e. The maximum absolute atomic E-state index is 3.44. The van der Waals surface area contributed by atoms with E-state index in [-0.39, 0.29) is 0 Å². The van der Waals surface area contributed by atoms with E-state index in [1.54, 1.807) is 0 Å². The molecule has 2 aliphatic heterocycles. The van der Waals surface area contributed by atoms with Crippen LogP contribution >= 0.6 is 0 Å². The highest BCUT2D eigenvalue weighted by atomic mass is 15.3. The van der Waals surface area contributed by atoms with E-state index >= 15 is 0 Å². The number of hydrogen-bond acceptors (Lipinski definition) is 3. The second-order valence-electron chi connectivity index (χ2n) is 6.03.